The van der Waals surface area contributed by atoms with Crippen molar-refractivity contribution < 1.29 is 9.18 Å². The molecule has 2 aromatic rings. The number of hydrogen-bond acceptors (Lipinski definition) is 1. The van der Waals surface area contributed by atoms with Crippen molar-refractivity contribution in [1.29, 1.82) is 0 Å². The zero-order valence-corrected chi connectivity index (χ0v) is 8.53. The van der Waals surface area contributed by atoms with E-state index in [1.54, 1.807) is 12.1 Å². The Hall–Kier alpha value is -1.96. The smallest absolute Gasteiger partial charge is 0.196 e. The van der Waals surface area contributed by atoms with Crippen LogP contribution in [0.1, 0.15) is 27.0 Å². The number of fused-ring (bicyclic) bond motifs is 2. The van der Waals surface area contributed by atoms with Crippen LogP contribution >= 0.6 is 0 Å². The quantitative estimate of drug-likeness (QED) is 0.560. The number of carbonyl (C=O) groups excluding carboxylic acids is 1. The second-order valence-corrected chi connectivity index (χ2v) is 3.94. The van der Waals surface area contributed by atoms with Gasteiger partial charge in [0.1, 0.15) is 5.82 Å². The highest BCUT2D eigenvalue weighted by atomic mass is 19.1. The zero-order chi connectivity index (χ0) is 11.1. The third kappa shape index (κ3) is 1.20. The van der Waals surface area contributed by atoms with Gasteiger partial charge in [0.05, 0.1) is 5.56 Å². The highest BCUT2D eigenvalue weighted by Gasteiger charge is 2.25. The summed E-state index contributed by atoms with van der Waals surface area (Å²) in [5.41, 5.74) is 2.62. The highest BCUT2D eigenvalue weighted by Crippen LogP contribution is 2.28. The van der Waals surface area contributed by atoms with Crippen molar-refractivity contribution in [3.8, 4) is 0 Å². The van der Waals surface area contributed by atoms with Gasteiger partial charge in [0.25, 0.3) is 0 Å². The normalized spacial score (nSPS) is 13.2. The van der Waals surface area contributed by atoms with Gasteiger partial charge in [-0.05, 0) is 23.6 Å². The van der Waals surface area contributed by atoms with Gasteiger partial charge in [-0.2, -0.15) is 0 Å². The molecular weight excluding hydrogens is 203 g/mol. The van der Waals surface area contributed by atoms with Crippen LogP contribution < -0.4 is 0 Å². The second-order valence-electron chi connectivity index (χ2n) is 3.94. The Morgan fingerprint density at radius 3 is 2.56 bits per heavy atom. The first-order chi connectivity index (χ1) is 7.77. The van der Waals surface area contributed by atoms with Gasteiger partial charge in [0, 0.05) is 5.56 Å². The Morgan fingerprint density at radius 1 is 0.938 bits per heavy atom. The Kier molecular flexibility index (Phi) is 1.90. The second kappa shape index (κ2) is 3.27. The molecule has 0 amide bonds. The molecule has 0 bridgehead atoms. The largest absolute Gasteiger partial charge is 0.288 e. The molecule has 0 aliphatic heterocycles. The van der Waals surface area contributed by atoms with Crippen LogP contribution in [-0.4, -0.2) is 5.78 Å². The van der Waals surface area contributed by atoms with E-state index < -0.39 is 5.82 Å². The van der Waals surface area contributed by atoms with Crippen molar-refractivity contribution >= 4 is 5.78 Å². The van der Waals surface area contributed by atoms with E-state index in [9.17, 15) is 9.18 Å². The number of carbonyl (C=O) groups is 1. The lowest BCUT2D eigenvalue weighted by Crippen LogP contribution is -2.16. The molecule has 78 valence electrons. The monoisotopic (exact) mass is 212 g/mol. The van der Waals surface area contributed by atoms with Gasteiger partial charge in [-0.15, -0.1) is 0 Å². The van der Waals surface area contributed by atoms with Crippen molar-refractivity contribution in [2.24, 2.45) is 0 Å². The van der Waals surface area contributed by atoms with Crippen molar-refractivity contribution in [2.75, 3.05) is 0 Å². The summed E-state index contributed by atoms with van der Waals surface area (Å²) in [7, 11) is 0. The number of ketones is 1. The molecule has 1 aliphatic carbocycles. The molecule has 1 aliphatic rings. The number of rotatable bonds is 0. The summed E-state index contributed by atoms with van der Waals surface area (Å²) < 4.78 is 13.6. The van der Waals surface area contributed by atoms with Gasteiger partial charge < -0.3 is 0 Å². The Morgan fingerprint density at radius 2 is 1.69 bits per heavy atom. The van der Waals surface area contributed by atoms with Crippen LogP contribution in [0.5, 0.6) is 0 Å². The fourth-order valence-electron chi connectivity index (χ4n) is 2.21. The standard InChI is InChI=1S/C14H9FO/c15-12-7-3-5-10-8-9-4-1-2-6-11(9)14(16)13(10)12/h1-7H,8H2. The van der Waals surface area contributed by atoms with E-state index in [2.05, 4.69) is 0 Å². The van der Waals surface area contributed by atoms with Crippen molar-refractivity contribution in [2.45, 2.75) is 6.42 Å². The SMILES string of the molecule is O=C1c2ccccc2Cc2cccc(F)c21. The van der Waals surface area contributed by atoms with Gasteiger partial charge in [-0.1, -0.05) is 36.4 Å². The first-order valence-electron chi connectivity index (χ1n) is 5.17. The lowest BCUT2D eigenvalue weighted by molar-refractivity contribution is 0.103. The Labute approximate surface area is 92.5 Å². The number of benzene rings is 2. The molecule has 0 atom stereocenters. The molecule has 0 heterocycles. The third-order valence-electron chi connectivity index (χ3n) is 2.97. The average Bonchev–Trinajstić information content (AvgIpc) is 2.29. The Bertz CT molecular complexity index is 587. The molecule has 0 radical (unpaired) electrons. The minimum absolute atomic E-state index is 0.199. The van der Waals surface area contributed by atoms with Gasteiger partial charge in [-0.3, -0.25) is 4.79 Å². The van der Waals surface area contributed by atoms with Gasteiger partial charge in [-0.25, -0.2) is 4.39 Å². The van der Waals surface area contributed by atoms with Crippen LogP contribution in [0, 0.1) is 5.82 Å². The van der Waals surface area contributed by atoms with E-state index >= 15 is 0 Å². The van der Waals surface area contributed by atoms with Crippen molar-refractivity contribution in [1.82, 2.24) is 0 Å². The first kappa shape index (κ1) is 9.28. The predicted octanol–water partition coefficient (Wildman–Crippen LogP) is 2.96. The predicted molar refractivity (Wildman–Crippen MR) is 59.1 cm³/mol. The van der Waals surface area contributed by atoms with E-state index in [4.69, 9.17) is 0 Å². The van der Waals surface area contributed by atoms with Gasteiger partial charge in [0.2, 0.25) is 0 Å². The molecule has 1 nitrogen and oxygen atoms in total. The molecule has 0 N–H and O–H groups in total. The van der Waals surface area contributed by atoms with Crippen LogP contribution in [0.15, 0.2) is 42.5 Å². The van der Waals surface area contributed by atoms with Crippen LogP contribution in [0.25, 0.3) is 0 Å². The van der Waals surface area contributed by atoms with Crippen LogP contribution in [0.3, 0.4) is 0 Å². The van der Waals surface area contributed by atoms with E-state index in [0.29, 0.717) is 12.0 Å². The maximum atomic E-state index is 13.6. The Balaban J connectivity index is 2.27. The fourth-order valence-corrected chi connectivity index (χ4v) is 2.21. The molecule has 3 rings (SSSR count). The minimum atomic E-state index is -0.419. The maximum absolute atomic E-state index is 13.6. The van der Waals surface area contributed by atoms with E-state index in [0.717, 1.165) is 11.1 Å². The van der Waals surface area contributed by atoms with Crippen molar-refractivity contribution in [3.05, 3.63) is 70.5 Å². The average molecular weight is 212 g/mol. The maximum Gasteiger partial charge on any atom is 0.196 e. The van der Waals surface area contributed by atoms with Crippen LogP contribution in [-0.2, 0) is 6.42 Å². The number of hydrogen-bond donors (Lipinski definition) is 0. The molecule has 2 aromatic carbocycles. The number of halogens is 1. The van der Waals surface area contributed by atoms with Gasteiger partial charge in [0.15, 0.2) is 5.78 Å². The summed E-state index contributed by atoms with van der Waals surface area (Å²) in [4.78, 5) is 12.1. The van der Waals surface area contributed by atoms with Gasteiger partial charge >= 0.3 is 0 Å². The zero-order valence-electron chi connectivity index (χ0n) is 8.53. The van der Waals surface area contributed by atoms with E-state index in [1.165, 1.54) is 6.07 Å². The molecule has 0 aromatic heterocycles. The molecule has 0 unspecified atom stereocenters. The summed E-state index contributed by atoms with van der Waals surface area (Å²) in [6, 6.07) is 12.2. The molecule has 0 fully saturated rings. The summed E-state index contributed by atoms with van der Waals surface area (Å²) >= 11 is 0. The molecule has 0 spiro atoms. The lowest BCUT2D eigenvalue weighted by atomic mass is 9.85. The molecule has 16 heavy (non-hydrogen) atoms. The molecular formula is C14H9FO. The van der Waals surface area contributed by atoms with Crippen molar-refractivity contribution in [3.63, 3.8) is 0 Å². The van der Waals surface area contributed by atoms with E-state index in [1.807, 2.05) is 24.3 Å². The molecule has 0 saturated carbocycles. The fraction of sp³-hybridized carbons (Fsp3) is 0.0714. The lowest BCUT2D eigenvalue weighted by Gasteiger charge is -2.18. The summed E-state index contributed by atoms with van der Waals surface area (Å²) in [6.45, 7) is 0. The third-order valence-corrected chi connectivity index (χ3v) is 2.97. The summed E-state index contributed by atoms with van der Waals surface area (Å²) in [5.74, 6) is -0.619. The highest BCUT2D eigenvalue weighted by molar-refractivity contribution is 6.12. The molecule has 2 heteroatoms. The summed E-state index contributed by atoms with van der Waals surface area (Å²) in [6.07, 6.45) is 0.634. The van der Waals surface area contributed by atoms with E-state index in [-0.39, 0.29) is 11.3 Å². The first-order valence-corrected chi connectivity index (χ1v) is 5.17. The summed E-state index contributed by atoms with van der Waals surface area (Å²) in [5, 5.41) is 0. The van der Waals surface area contributed by atoms with Crippen LogP contribution in [0.2, 0.25) is 0 Å². The topological polar surface area (TPSA) is 17.1 Å². The minimum Gasteiger partial charge on any atom is -0.288 e. The molecule has 0 saturated heterocycles. The van der Waals surface area contributed by atoms with Crippen LogP contribution in [0.4, 0.5) is 4.39 Å².